The zero-order valence-electron chi connectivity index (χ0n) is 14.4. The van der Waals surface area contributed by atoms with Crippen LogP contribution in [0.4, 0.5) is 5.69 Å². The summed E-state index contributed by atoms with van der Waals surface area (Å²) in [5, 5.41) is 14.6. The first-order chi connectivity index (χ1) is 12.7. The van der Waals surface area contributed by atoms with E-state index >= 15 is 0 Å². The van der Waals surface area contributed by atoms with Gasteiger partial charge in [0, 0.05) is 29.0 Å². The third-order valence-corrected chi connectivity index (χ3v) is 5.64. The highest BCUT2D eigenvalue weighted by atomic mass is 79.9. The van der Waals surface area contributed by atoms with Crippen molar-refractivity contribution >= 4 is 38.2 Å². The highest BCUT2D eigenvalue weighted by Crippen LogP contribution is 2.30. The molecule has 0 spiro atoms. The smallest absolute Gasteiger partial charge is 0.203 e. The molecule has 4 heterocycles. The summed E-state index contributed by atoms with van der Waals surface area (Å²) in [6.45, 7) is 1.05. The molecule has 0 N–H and O–H groups in total. The normalized spacial score (nSPS) is 14.6. The summed E-state index contributed by atoms with van der Waals surface area (Å²) in [5.41, 5.74) is 4.90. The molecule has 130 valence electrons. The molecular weight excluding hydrogens is 392 g/mol. The van der Waals surface area contributed by atoms with Crippen LogP contribution in [0.1, 0.15) is 18.4 Å². The van der Waals surface area contributed by atoms with Gasteiger partial charge in [-0.2, -0.15) is 9.61 Å². The van der Waals surface area contributed by atoms with Gasteiger partial charge < -0.3 is 4.90 Å². The average molecular weight is 409 g/mol. The Labute approximate surface area is 159 Å². The summed E-state index contributed by atoms with van der Waals surface area (Å²) in [6, 6.07) is 10.1. The summed E-state index contributed by atoms with van der Waals surface area (Å²) in [7, 11) is 2.11. The number of aromatic nitrogens is 5. The number of para-hydroxylation sites is 1. The van der Waals surface area contributed by atoms with Gasteiger partial charge in [0.25, 0.3) is 0 Å². The third kappa shape index (κ3) is 2.38. The summed E-state index contributed by atoms with van der Waals surface area (Å²) in [5.74, 6) is 0.673. The quantitative estimate of drug-likeness (QED) is 0.478. The number of pyridine rings is 1. The van der Waals surface area contributed by atoms with Crippen molar-refractivity contribution in [2.24, 2.45) is 0 Å². The van der Waals surface area contributed by atoms with Crippen LogP contribution in [0, 0.1) is 0 Å². The van der Waals surface area contributed by atoms with Crippen molar-refractivity contribution in [1.29, 1.82) is 0 Å². The van der Waals surface area contributed by atoms with Crippen molar-refractivity contribution in [3.8, 4) is 11.5 Å². The number of hydrogen-bond donors (Lipinski definition) is 0. The van der Waals surface area contributed by atoms with E-state index in [2.05, 4.69) is 49.2 Å². The van der Waals surface area contributed by atoms with E-state index in [9.17, 15) is 0 Å². The second kappa shape index (κ2) is 6.02. The Kier molecular flexibility index (Phi) is 3.63. The Morgan fingerprint density at radius 1 is 1.08 bits per heavy atom. The van der Waals surface area contributed by atoms with Crippen molar-refractivity contribution in [2.45, 2.75) is 19.3 Å². The van der Waals surface area contributed by atoms with Gasteiger partial charge in [0.15, 0.2) is 5.65 Å². The van der Waals surface area contributed by atoms with Crippen LogP contribution in [0.3, 0.4) is 0 Å². The summed E-state index contributed by atoms with van der Waals surface area (Å²) < 4.78 is 2.79. The molecule has 1 aliphatic rings. The van der Waals surface area contributed by atoms with Crippen LogP contribution < -0.4 is 4.90 Å². The highest BCUT2D eigenvalue weighted by Gasteiger charge is 2.20. The van der Waals surface area contributed by atoms with E-state index in [0.717, 1.165) is 51.8 Å². The maximum Gasteiger partial charge on any atom is 0.203 e. The number of anilines is 1. The van der Waals surface area contributed by atoms with Gasteiger partial charge in [-0.25, -0.2) is 4.98 Å². The van der Waals surface area contributed by atoms with E-state index in [4.69, 9.17) is 4.98 Å². The number of benzene rings is 1. The topological polar surface area (TPSA) is 59.2 Å². The lowest BCUT2D eigenvalue weighted by Gasteiger charge is -2.18. The minimum Gasteiger partial charge on any atom is -0.373 e. The van der Waals surface area contributed by atoms with Gasteiger partial charge in [-0.3, -0.25) is 0 Å². The number of fused-ring (bicyclic) bond motifs is 4. The van der Waals surface area contributed by atoms with Gasteiger partial charge in [0.05, 0.1) is 17.4 Å². The number of rotatable bonds is 1. The summed E-state index contributed by atoms with van der Waals surface area (Å²) in [6.07, 6.45) is 5.26. The molecule has 5 rings (SSSR count). The molecule has 0 atom stereocenters. The fourth-order valence-corrected chi connectivity index (χ4v) is 4.09. The number of nitrogens with zero attached hydrogens (tertiary/aromatic N) is 6. The van der Waals surface area contributed by atoms with Crippen LogP contribution in [-0.4, -0.2) is 38.4 Å². The Morgan fingerprint density at radius 3 is 2.92 bits per heavy atom. The van der Waals surface area contributed by atoms with Crippen LogP contribution in [-0.2, 0) is 6.42 Å². The predicted octanol–water partition coefficient (Wildman–Crippen LogP) is 3.87. The van der Waals surface area contributed by atoms with Crippen LogP contribution in [0.25, 0.3) is 28.1 Å². The SMILES string of the molecule is CN1CCCCc2c1cnn1c(-c3ccc4cccc(Br)c4n3)nnc21. The Morgan fingerprint density at radius 2 is 2.00 bits per heavy atom. The first kappa shape index (κ1) is 15.7. The van der Waals surface area contributed by atoms with E-state index in [-0.39, 0.29) is 0 Å². The molecule has 7 heteroatoms. The van der Waals surface area contributed by atoms with Crippen molar-refractivity contribution in [1.82, 2.24) is 24.8 Å². The lowest BCUT2D eigenvalue weighted by atomic mass is 10.1. The van der Waals surface area contributed by atoms with E-state index in [1.54, 1.807) is 0 Å². The largest absolute Gasteiger partial charge is 0.373 e. The fraction of sp³-hybridized carbons (Fsp3) is 0.263. The van der Waals surface area contributed by atoms with E-state index in [1.807, 2.05) is 35.0 Å². The number of hydrogen-bond acceptors (Lipinski definition) is 5. The maximum atomic E-state index is 4.79. The first-order valence-corrected chi connectivity index (χ1v) is 9.52. The van der Waals surface area contributed by atoms with E-state index < -0.39 is 0 Å². The monoisotopic (exact) mass is 408 g/mol. The molecule has 1 aromatic carbocycles. The van der Waals surface area contributed by atoms with E-state index in [0.29, 0.717) is 5.82 Å². The van der Waals surface area contributed by atoms with Gasteiger partial charge in [-0.1, -0.05) is 18.2 Å². The standard InChI is InChI=1S/C19H17BrN6/c1-25-10-3-2-6-13-16(25)11-21-26-18(13)23-24-19(26)15-9-8-12-5-4-7-14(20)17(12)22-15/h4-5,7-9,11H,2-3,6,10H2,1H3. The van der Waals surface area contributed by atoms with Crippen molar-refractivity contribution in [3.05, 3.63) is 46.6 Å². The molecular formula is C19H17BrN6. The zero-order valence-corrected chi connectivity index (χ0v) is 15.9. The van der Waals surface area contributed by atoms with Gasteiger partial charge in [0.1, 0.15) is 5.69 Å². The number of halogens is 1. The molecule has 0 radical (unpaired) electrons. The molecule has 0 saturated heterocycles. The third-order valence-electron chi connectivity index (χ3n) is 5.00. The molecule has 0 unspecified atom stereocenters. The second-order valence-corrected chi connectivity index (χ2v) is 7.51. The second-order valence-electron chi connectivity index (χ2n) is 6.65. The molecule has 0 fully saturated rings. The van der Waals surface area contributed by atoms with Crippen molar-refractivity contribution in [2.75, 3.05) is 18.5 Å². The molecule has 3 aromatic heterocycles. The van der Waals surface area contributed by atoms with Gasteiger partial charge in [-0.05, 0) is 47.3 Å². The number of aryl methyl sites for hydroxylation is 1. The predicted molar refractivity (Wildman–Crippen MR) is 105 cm³/mol. The molecule has 1 aliphatic heterocycles. The molecule has 0 amide bonds. The highest BCUT2D eigenvalue weighted by molar-refractivity contribution is 9.10. The van der Waals surface area contributed by atoms with Crippen LogP contribution in [0.5, 0.6) is 0 Å². The van der Waals surface area contributed by atoms with Crippen LogP contribution in [0.2, 0.25) is 0 Å². The van der Waals surface area contributed by atoms with Gasteiger partial charge in [0.2, 0.25) is 5.82 Å². The summed E-state index contributed by atoms with van der Waals surface area (Å²) >= 11 is 3.58. The Bertz CT molecular complexity index is 1140. The zero-order chi connectivity index (χ0) is 17.7. The maximum absolute atomic E-state index is 4.79. The lowest BCUT2D eigenvalue weighted by Crippen LogP contribution is -2.18. The Hall–Kier alpha value is -2.54. The fourth-order valence-electron chi connectivity index (χ4n) is 3.62. The van der Waals surface area contributed by atoms with Crippen LogP contribution >= 0.6 is 15.9 Å². The van der Waals surface area contributed by atoms with Crippen molar-refractivity contribution in [3.63, 3.8) is 0 Å². The van der Waals surface area contributed by atoms with Crippen LogP contribution in [0.15, 0.2) is 41.0 Å². The summed E-state index contributed by atoms with van der Waals surface area (Å²) in [4.78, 5) is 7.05. The lowest BCUT2D eigenvalue weighted by molar-refractivity contribution is 0.750. The first-order valence-electron chi connectivity index (χ1n) is 8.72. The van der Waals surface area contributed by atoms with Gasteiger partial charge in [-0.15, -0.1) is 10.2 Å². The van der Waals surface area contributed by atoms with Crippen molar-refractivity contribution < 1.29 is 0 Å². The minimum atomic E-state index is 0.673. The molecule has 6 nitrogen and oxygen atoms in total. The molecule has 4 aromatic rings. The molecule has 0 aliphatic carbocycles. The molecule has 0 saturated carbocycles. The van der Waals surface area contributed by atoms with Gasteiger partial charge >= 0.3 is 0 Å². The van der Waals surface area contributed by atoms with E-state index in [1.165, 1.54) is 12.0 Å². The average Bonchev–Trinajstić information content (AvgIpc) is 3.00. The molecule has 26 heavy (non-hydrogen) atoms. The minimum absolute atomic E-state index is 0.673. The Balaban J connectivity index is 1.71. The molecule has 0 bridgehead atoms.